The van der Waals surface area contributed by atoms with Crippen molar-refractivity contribution >= 4 is 22.8 Å². The van der Waals surface area contributed by atoms with E-state index in [2.05, 4.69) is 9.88 Å². The molecule has 0 bridgehead atoms. The molecule has 0 N–H and O–H groups in total. The molecule has 26 heavy (non-hydrogen) atoms. The number of nitrogens with zero attached hydrogens (tertiary/aromatic N) is 4. The summed E-state index contributed by atoms with van der Waals surface area (Å²) in [7, 11) is 0. The van der Waals surface area contributed by atoms with Crippen LogP contribution in [0, 0.1) is 0 Å². The Labute approximate surface area is 150 Å². The number of carbonyl (C=O) groups is 1. The highest BCUT2D eigenvalue weighted by Gasteiger charge is 2.28. The van der Waals surface area contributed by atoms with Gasteiger partial charge in [-0.25, -0.2) is 9.78 Å². The number of oxazole rings is 1. The summed E-state index contributed by atoms with van der Waals surface area (Å²) in [5.74, 6) is 0.350. The molecule has 1 aliphatic rings. The van der Waals surface area contributed by atoms with Gasteiger partial charge in [0.2, 0.25) is 5.91 Å². The van der Waals surface area contributed by atoms with Gasteiger partial charge in [0.1, 0.15) is 11.9 Å². The molecule has 0 aliphatic carbocycles. The standard InChI is InChI=1S/C19H20N4O3/c1-14(23-15-6-2-3-7-16(15)26-19(23)25)18(24)22-12-10-21(11-13-22)17-8-4-5-9-20-17/h2-9,14H,10-13H2,1H3. The monoisotopic (exact) mass is 352 g/mol. The summed E-state index contributed by atoms with van der Waals surface area (Å²) in [6, 6.07) is 12.4. The fourth-order valence-electron chi connectivity index (χ4n) is 3.42. The van der Waals surface area contributed by atoms with E-state index in [1.807, 2.05) is 24.3 Å². The maximum Gasteiger partial charge on any atom is 0.420 e. The molecule has 7 nitrogen and oxygen atoms in total. The Morgan fingerprint density at radius 3 is 2.54 bits per heavy atom. The van der Waals surface area contributed by atoms with Crippen molar-refractivity contribution in [3.05, 3.63) is 59.2 Å². The van der Waals surface area contributed by atoms with Gasteiger partial charge >= 0.3 is 5.76 Å². The summed E-state index contributed by atoms with van der Waals surface area (Å²) in [6.45, 7) is 4.39. The molecule has 1 saturated heterocycles. The third kappa shape index (κ3) is 2.85. The topological polar surface area (TPSA) is 71.6 Å². The smallest absolute Gasteiger partial charge is 0.408 e. The van der Waals surface area contributed by atoms with Crippen LogP contribution in [0.15, 0.2) is 57.9 Å². The van der Waals surface area contributed by atoms with Gasteiger partial charge in [-0.1, -0.05) is 18.2 Å². The molecule has 1 amide bonds. The van der Waals surface area contributed by atoms with Gasteiger partial charge in [0.15, 0.2) is 5.58 Å². The number of hydrogen-bond acceptors (Lipinski definition) is 5. The van der Waals surface area contributed by atoms with Gasteiger partial charge in [-0.3, -0.25) is 9.36 Å². The van der Waals surface area contributed by atoms with E-state index in [1.54, 1.807) is 36.2 Å². The summed E-state index contributed by atoms with van der Waals surface area (Å²) in [5, 5.41) is 0. The lowest BCUT2D eigenvalue weighted by Crippen LogP contribution is -2.51. The Balaban J connectivity index is 1.50. The van der Waals surface area contributed by atoms with Gasteiger partial charge in [0.25, 0.3) is 0 Å². The first-order valence-corrected chi connectivity index (χ1v) is 8.70. The van der Waals surface area contributed by atoms with Crippen molar-refractivity contribution in [1.82, 2.24) is 14.5 Å². The van der Waals surface area contributed by atoms with E-state index >= 15 is 0 Å². The summed E-state index contributed by atoms with van der Waals surface area (Å²) in [6.07, 6.45) is 1.77. The van der Waals surface area contributed by atoms with Crippen molar-refractivity contribution in [3.63, 3.8) is 0 Å². The summed E-state index contributed by atoms with van der Waals surface area (Å²) in [4.78, 5) is 33.5. The molecular weight excluding hydrogens is 332 g/mol. The lowest BCUT2D eigenvalue weighted by atomic mass is 10.2. The first kappa shape index (κ1) is 16.4. The van der Waals surface area contributed by atoms with Crippen molar-refractivity contribution < 1.29 is 9.21 Å². The van der Waals surface area contributed by atoms with E-state index in [0.29, 0.717) is 24.2 Å². The number of fused-ring (bicyclic) bond motifs is 1. The van der Waals surface area contributed by atoms with Crippen molar-refractivity contribution in [2.24, 2.45) is 0 Å². The number of pyridine rings is 1. The third-order valence-corrected chi connectivity index (χ3v) is 4.83. The fourth-order valence-corrected chi connectivity index (χ4v) is 3.42. The zero-order chi connectivity index (χ0) is 18.1. The van der Waals surface area contributed by atoms with E-state index in [0.717, 1.165) is 18.9 Å². The van der Waals surface area contributed by atoms with Crippen molar-refractivity contribution in [1.29, 1.82) is 0 Å². The Hall–Kier alpha value is -3.09. The summed E-state index contributed by atoms with van der Waals surface area (Å²) < 4.78 is 6.69. The van der Waals surface area contributed by atoms with Crippen LogP contribution < -0.4 is 10.7 Å². The van der Waals surface area contributed by atoms with Gasteiger partial charge < -0.3 is 14.2 Å². The maximum atomic E-state index is 12.9. The summed E-state index contributed by atoms with van der Waals surface area (Å²) >= 11 is 0. The minimum Gasteiger partial charge on any atom is -0.408 e. The normalized spacial score (nSPS) is 16.0. The minimum atomic E-state index is -0.604. The first-order chi connectivity index (χ1) is 12.6. The van der Waals surface area contributed by atoms with E-state index in [4.69, 9.17) is 4.42 Å². The molecular formula is C19H20N4O3. The van der Waals surface area contributed by atoms with Crippen LogP contribution in [0.1, 0.15) is 13.0 Å². The highest BCUT2D eigenvalue weighted by molar-refractivity contribution is 5.83. The molecule has 0 spiro atoms. The number of rotatable bonds is 3. The molecule has 1 atom stereocenters. The highest BCUT2D eigenvalue weighted by Crippen LogP contribution is 2.20. The van der Waals surface area contributed by atoms with Crippen LogP contribution in [-0.2, 0) is 4.79 Å². The van der Waals surface area contributed by atoms with E-state index in [1.165, 1.54) is 4.57 Å². The molecule has 2 aromatic heterocycles. The first-order valence-electron chi connectivity index (χ1n) is 8.70. The van der Waals surface area contributed by atoms with Gasteiger partial charge in [-0.15, -0.1) is 0 Å². The molecule has 1 aromatic carbocycles. The number of anilines is 1. The van der Waals surface area contributed by atoms with E-state index in [-0.39, 0.29) is 5.91 Å². The van der Waals surface area contributed by atoms with Crippen LogP contribution in [0.2, 0.25) is 0 Å². The molecule has 0 saturated carbocycles. The Morgan fingerprint density at radius 1 is 1.08 bits per heavy atom. The summed E-state index contributed by atoms with van der Waals surface area (Å²) in [5.41, 5.74) is 1.14. The van der Waals surface area contributed by atoms with Gasteiger partial charge in [0.05, 0.1) is 5.52 Å². The lowest BCUT2D eigenvalue weighted by molar-refractivity contribution is -0.134. The van der Waals surface area contributed by atoms with Crippen LogP contribution in [0.5, 0.6) is 0 Å². The van der Waals surface area contributed by atoms with Gasteiger partial charge in [-0.05, 0) is 31.2 Å². The zero-order valence-electron chi connectivity index (χ0n) is 14.5. The quantitative estimate of drug-likeness (QED) is 0.720. The molecule has 7 heteroatoms. The maximum absolute atomic E-state index is 12.9. The van der Waals surface area contributed by atoms with Crippen molar-refractivity contribution in [2.45, 2.75) is 13.0 Å². The number of para-hydroxylation sites is 2. The SMILES string of the molecule is CC(C(=O)N1CCN(c2ccccn2)CC1)n1c(=O)oc2ccccc21. The van der Waals surface area contributed by atoms with Crippen LogP contribution >= 0.6 is 0 Å². The number of amides is 1. The molecule has 0 radical (unpaired) electrons. The molecule has 1 fully saturated rings. The number of hydrogen-bond donors (Lipinski definition) is 0. The number of carbonyl (C=O) groups excluding carboxylic acids is 1. The molecule has 4 rings (SSSR count). The highest BCUT2D eigenvalue weighted by atomic mass is 16.4. The third-order valence-electron chi connectivity index (χ3n) is 4.83. The number of aromatic nitrogens is 2. The molecule has 3 heterocycles. The minimum absolute atomic E-state index is 0.0701. The average molecular weight is 352 g/mol. The van der Waals surface area contributed by atoms with Crippen LogP contribution in [-0.4, -0.2) is 46.5 Å². The van der Waals surface area contributed by atoms with Crippen molar-refractivity contribution in [2.75, 3.05) is 31.1 Å². The Morgan fingerprint density at radius 2 is 1.81 bits per heavy atom. The second-order valence-electron chi connectivity index (χ2n) is 6.38. The van der Waals surface area contributed by atoms with E-state index < -0.39 is 11.8 Å². The molecule has 1 aliphatic heterocycles. The number of piperazine rings is 1. The van der Waals surface area contributed by atoms with Crippen LogP contribution in [0.25, 0.3) is 11.1 Å². The van der Waals surface area contributed by atoms with Crippen LogP contribution in [0.4, 0.5) is 5.82 Å². The molecule has 1 unspecified atom stereocenters. The second-order valence-corrected chi connectivity index (χ2v) is 6.38. The van der Waals surface area contributed by atoms with Crippen LogP contribution in [0.3, 0.4) is 0 Å². The van der Waals surface area contributed by atoms with Crippen molar-refractivity contribution in [3.8, 4) is 0 Å². The predicted molar refractivity (Wildman–Crippen MR) is 98.2 cm³/mol. The average Bonchev–Trinajstić information content (AvgIpc) is 3.03. The lowest BCUT2D eigenvalue weighted by Gasteiger charge is -2.36. The van der Waals surface area contributed by atoms with Gasteiger partial charge in [-0.2, -0.15) is 0 Å². The Kier molecular flexibility index (Phi) is 4.20. The van der Waals surface area contributed by atoms with Gasteiger partial charge in [0, 0.05) is 32.4 Å². The molecule has 3 aromatic rings. The molecule has 134 valence electrons. The Bertz CT molecular complexity index is 971. The fraction of sp³-hybridized carbons (Fsp3) is 0.316. The van der Waals surface area contributed by atoms with E-state index in [9.17, 15) is 9.59 Å². The predicted octanol–water partition coefficient (Wildman–Crippen LogP) is 1.90. The number of benzene rings is 1. The zero-order valence-corrected chi connectivity index (χ0v) is 14.5. The largest absolute Gasteiger partial charge is 0.420 e. The second kappa shape index (κ2) is 6.67.